The fourth-order valence-corrected chi connectivity index (χ4v) is 2.18. The molecule has 0 bridgehead atoms. The molecule has 4 heteroatoms. The lowest BCUT2D eigenvalue weighted by Gasteiger charge is -2.16. The van der Waals surface area contributed by atoms with Gasteiger partial charge in [-0.2, -0.15) is 0 Å². The van der Waals surface area contributed by atoms with Crippen molar-refractivity contribution in [2.45, 2.75) is 26.1 Å². The number of rotatable bonds is 4. The largest absolute Gasteiger partial charge is 0.492 e. The van der Waals surface area contributed by atoms with Gasteiger partial charge in [-0.05, 0) is 31.0 Å². The first kappa shape index (κ1) is 13.3. The Hall–Kier alpha value is -1.10. The van der Waals surface area contributed by atoms with E-state index in [9.17, 15) is 10.2 Å². The zero-order chi connectivity index (χ0) is 13.1. The molecule has 2 atom stereocenters. The van der Waals surface area contributed by atoms with Crippen LogP contribution >= 0.6 is 0 Å². The Balaban J connectivity index is 1.80. The van der Waals surface area contributed by atoms with Crippen molar-refractivity contribution in [3.63, 3.8) is 0 Å². The van der Waals surface area contributed by atoms with Crippen LogP contribution in [0.15, 0.2) is 18.2 Å². The van der Waals surface area contributed by atoms with Crippen LogP contribution in [0.4, 0.5) is 0 Å². The van der Waals surface area contributed by atoms with Crippen molar-refractivity contribution in [1.82, 2.24) is 4.90 Å². The molecule has 1 aromatic rings. The van der Waals surface area contributed by atoms with Crippen molar-refractivity contribution in [2.24, 2.45) is 0 Å². The molecule has 0 spiro atoms. The van der Waals surface area contributed by atoms with Gasteiger partial charge in [0, 0.05) is 19.6 Å². The van der Waals surface area contributed by atoms with E-state index < -0.39 is 12.2 Å². The first-order chi connectivity index (χ1) is 8.56. The first-order valence-electron chi connectivity index (χ1n) is 6.35. The summed E-state index contributed by atoms with van der Waals surface area (Å²) in [5, 5.41) is 18.9. The van der Waals surface area contributed by atoms with Crippen LogP contribution in [-0.4, -0.2) is 53.6 Å². The number of aryl methyl sites for hydroxylation is 2. The third-order valence-electron chi connectivity index (χ3n) is 3.34. The molecule has 2 unspecified atom stereocenters. The second kappa shape index (κ2) is 5.69. The summed E-state index contributed by atoms with van der Waals surface area (Å²) < 4.78 is 5.75. The fraction of sp³-hybridized carbons (Fsp3) is 0.571. The molecule has 0 aliphatic carbocycles. The van der Waals surface area contributed by atoms with Gasteiger partial charge >= 0.3 is 0 Å². The Bertz CT molecular complexity index is 398. The standard InChI is InChI=1S/C14H21NO3/c1-10-3-4-11(2)14(7-10)18-6-5-15-8-12(16)13(17)9-15/h3-4,7,12-13,16-17H,5-6,8-9H2,1-2H3. The summed E-state index contributed by atoms with van der Waals surface area (Å²) in [4.78, 5) is 2.01. The highest BCUT2D eigenvalue weighted by atomic mass is 16.5. The van der Waals surface area contributed by atoms with Gasteiger partial charge in [0.25, 0.3) is 0 Å². The lowest BCUT2D eigenvalue weighted by molar-refractivity contribution is 0.0572. The maximum absolute atomic E-state index is 9.43. The number of aliphatic hydroxyl groups excluding tert-OH is 2. The molecule has 2 rings (SSSR count). The van der Waals surface area contributed by atoms with Gasteiger partial charge in [0.05, 0.1) is 12.2 Å². The van der Waals surface area contributed by atoms with Crippen molar-refractivity contribution in [3.05, 3.63) is 29.3 Å². The number of hydrogen-bond acceptors (Lipinski definition) is 4. The topological polar surface area (TPSA) is 52.9 Å². The number of aliphatic hydroxyl groups is 2. The van der Waals surface area contributed by atoms with Crippen LogP contribution in [0.2, 0.25) is 0 Å². The molecule has 0 saturated carbocycles. The van der Waals surface area contributed by atoms with Crippen molar-refractivity contribution in [3.8, 4) is 5.75 Å². The molecule has 1 saturated heterocycles. The van der Waals surface area contributed by atoms with Gasteiger partial charge in [-0.25, -0.2) is 0 Å². The molecule has 100 valence electrons. The minimum absolute atomic E-state index is 0.525. The van der Waals surface area contributed by atoms with Gasteiger partial charge in [-0.3, -0.25) is 4.90 Å². The lowest BCUT2D eigenvalue weighted by atomic mass is 10.1. The van der Waals surface area contributed by atoms with Crippen molar-refractivity contribution < 1.29 is 14.9 Å². The summed E-state index contributed by atoms with van der Waals surface area (Å²) in [6.07, 6.45) is -1.24. The molecule has 0 amide bonds. The van der Waals surface area contributed by atoms with Gasteiger partial charge < -0.3 is 14.9 Å². The van der Waals surface area contributed by atoms with E-state index in [1.807, 2.05) is 30.9 Å². The van der Waals surface area contributed by atoms with Crippen molar-refractivity contribution in [1.29, 1.82) is 0 Å². The van der Waals surface area contributed by atoms with E-state index in [1.165, 1.54) is 5.56 Å². The summed E-state index contributed by atoms with van der Waals surface area (Å²) in [6, 6.07) is 6.15. The van der Waals surface area contributed by atoms with Crippen LogP contribution in [0.5, 0.6) is 5.75 Å². The number of benzene rings is 1. The summed E-state index contributed by atoms with van der Waals surface area (Å²) in [5.74, 6) is 0.912. The van der Waals surface area contributed by atoms with E-state index in [1.54, 1.807) is 0 Å². The van der Waals surface area contributed by atoms with Crippen LogP contribution in [0.25, 0.3) is 0 Å². The number of β-amino-alcohol motifs (C(OH)–C–C–N with tert-alkyl or cyclic N) is 2. The first-order valence-corrected chi connectivity index (χ1v) is 6.35. The maximum atomic E-state index is 9.43. The summed E-state index contributed by atoms with van der Waals surface area (Å²) in [6.45, 7) is 6.41. The SMILES string of the molecule is Cc1ccc(C)c(OCCN2CC(O)C(O)C2)c1. The monoisotopic (exact) mass is 251 g/mol. The van der Waals surface area contributed by atoms with Gasteiger partial charge in [-0.1, -0.05) is 12.1 Å². The predicted molar refractivity (Wildman–Crippen MR) is 69.9 cm³/mol. The Morgan fingerprint density at radius 3 is 2.56 bits per heavy atom. The Kier molecular flexibility index (Phi) is 4.22. The molecule has 2 N–H and O–H groups in total. The lowest BCUT2D eigenvalue weighted by Crippen LogP contribution is -2.27. The average Bonchev–Trinajstić information content (AvgIpc) is 2.63. The van der Waals surface area contributed by atoms with Crippen LogP contribution in [0, 0.1) is 13.8 Å². The molecular weight excluding hydrogens is 230 g/mol. The molecule has 0 aromatic heterocycles. The van der Waals surface area contributed by atoms with Gasteiger partial charge in [0.1, 0.15) is 12.4 Å². The minimum Gasteiger partial charge on any atom is -0.492 e. The van der Waals surface area contributed by atoms with Crippen molar-refractivity contribution >= 4 is 0 Å². The molecule has 4 nitrogen and oxygen atoms in total. The Labute approximate surface area is 108 Å². The molecule has 1 fully saturated rings. The van der Waals surface area contributed by atoms with Crippen LogP contribution < -0.4 is 4.74 Å². The second-order valence-corrected chi connectivity index (χ2v) is 5.01. The zero-order valence-corrected chi connectivity index (χ0v) is 11.0. The molecule has 1 heterocycles. The molecule has 1 aromatic carbocycles. The van der Waals surface area contributed by atoms with Gasteiger partial charge in [0.2, 0.25) is 0 Å². The zero-order valence-electron chi connectivity index (χ0n) is 11.0. The van der Waals surface area contributed by atoms with Crippen LogP contribution in [0.3, 0.4) is 0 Å². The molecule has 1 aliphatic rings. The molecule has 18 heavy (non-hydrogen) atoms. The highest BCUT2D eigenvalue weighted by Gasteiger charge is 2.28. The number of nitrogens with zero attached hydrogens (tertiary/aromatic N) is 1. The highest BCUT2D eigenvalue weighted by Crippen LogP contribution is 2.19. The normalized spacial score (nSPS) is 24.4. The third kappa shape index (κ3) is 3.22. The predicted octanol–water partition coefficient (Wildman–Crippen LogP) is 0.720. The van der Waals surface area contributed by atoms with E-state index >= 15 is 0 Å². The average molecular weight is 251 g/mol. The number of hydrogen-bond donors (Lipinski definition) is 2. The fourth-order valence-electron chi connectivity index (χ4n) is 2.18. The molecule has 0 radical (unpaired) electrons. The van der Waals surface area contributed by atoms with Crippen LogP contribution in [0.1, 0.15) is 11.1 Å². The maximum Gasteiger partial charge on any atom is 0.122 e. The quantitative estimate of drug-likeness (QED) is 0.828. The molecule has 1 aliphatic heterocycles. The smallest absolute Gasteiger partial charge is 0.122 e. The Morgan fingerprint density at radius 1 is 1.22 bits per heavy atom. The van der Waals surface area contributed by atoms with Crippen LogP contribution in [-0.2, 0) is 0 Å². The van der Waals surface area contributed by atoms with E-state index in [2.05, 4.69) is 6.07 Å². The van der Waals surface area contributed by atoms with E-state index in [0.717, 1.165) is 17.9 Å². The highest BCUT2D eigenvalue weighted by molar-refractivity contribution is 5.35. The summed E-state index contributed by atoms with van der Waals surface area (Å²) >= 11 is 0. The van der Waals surface area contributed by atoms with Gasteiger partial charge in [0.15, 0.2) is 0 Å². The number of ether oxygens (including phenoxy) is 1. The van der Waals surface area contributed by atoms with Crippen molar-refractivity contribution in [2.75, 3.05) is 26.2 Å². The number of likely N-dealkylation sites (tertiary alicyclic amines) is 1. The summed E-state index contributed by atoms with van der Waals surface area (Å²) in [5.41, 5.74) is 2.31. The van der Waals surface area contributed by atoms with E-state index in [-0.39, 0.29) is 0 Å². The minimum atomic E-state index is -0.620. The third-order valence-corrected chi connectivity index (χ3v) is 3.34. The summed E-state index contributed by atoms with van der Waals surface area (Å²) in [7, 11) is 0. The Morgan fingerprint density at radius 2 is 1.89 bits per heavy atom. The second-order valence-electron chi connectivity index (χ2n) is 5.01. The van der Waals surface area contributed by atoms with Gasteiger partial charge in [-0.15, -0.1) is 0 Å². The van der Waals surface area contributed by atoms with E-state index in [0.29, 0.717) is 19.7 Å². The molecular formula is C14H21NO3. The van der Waals surface area contributed by atoms with E-state index in [4.69, 9.17) is 4.74 Å².